The number of methoxy groups -OCH3 is 1. The van der Waals surface area contributed by atoms with Crippen LogP contribution in [-0.4, -0.2) is 26.0 Å². The van der Waals surface area contributed by atoms with E-state index in [-0.39, 0.29) is 68.0 Å². The Morgan fingerprint density at radius 1 is 1.08 bits per heavy atom. The number of carbonyl (C=O) groups is 1. The number of benzene rings is 4. The normalized spacial score (nSPS) is 11.4. The van der Waals surface area contributed by atoms with E-state index in [0.717, 1.165) is 0 Å². The summed E-state index contributed by atoms with van der Waals surface area (Å²) in [7, 11) is -3.38. The molecular formula is C26H20Cl2N3NaO6S. The number of anilines is 1. The van der Waals surface area contributed by atoms with Crippen molar-refractivity contribution in [1.82, 2.24) is 0 Å². The number of amides is 1. The Morgan fingerprint density at radius 3 is 2.46 bits per heavy atom. The third-order valence-corrected chi connectivity index (χ3v) is 7.46. The summed E-state index contributed by atoms with van der Waals surface area (Å²) < 4.78 is 39.1. The van der Waals surface area contributed by atoms with Gasteiger partial charge in [-0.25, -0.2) is 0 Å². The molecule has 0 aliphatic rings. The largest absolute Gasteiger partial charge is 1.00 e. The summed E-state index contributed by atoms with van der Waals surface area (Å²) in [5.74, 6) is -1.27. The Labute approximate surface area is 256 Å². The predicted octanol–water partition coefficient (Wildman–Crippen LogP) is 3.71. The molecule has 4 rings (SSSR count). The van der Waals surface area contributed by atoms with Crippen molar-refractivity contribution in [1.29, 1.82) is 0 Å². The molecule has 196 valence electrons. The average molecular weight is 596 g/mol. The summed E-state index contributed by atoms with van der Waals surface area (Å²) >= 11 is 12.3. The fourth-order valence-electron chi connectivity index (χ4n) is 3.87. The van der Waals surface area contributed by atoms with Gasteiger partial charge in [0.25, 0.3) is 16.0 Å². The molecule has 0 atom stereocenters. The molecule has 0 saturated carbocycles. The van der Waals surface area contributed by atoms with Crippen molar-refractivity contribution in [3.05, 3.63) is 81.8 Å². The molecule has 4 aromatic carbocycles. The molecule has 39 heavy (non-hydrogen) atoms. The van der Waals surface area contributed by atoms with Gasteiger partial charge in [-0.15, -0.1) is 5.11 Å². The molecule has 0 fully saturated rings. The van der Waals surface area contributed by atoms with Crippen LogP contribution in [0.2, 0.25) is 10.0 Å². The zero-order chi connectivity index (χ0) is 27.6. The van der Waals surface area contributed by atoms with Gasteiger partial charge in [0.2, 0.25) is 0 Å². The summed E-state index contributed by atoms with van der Waals surface area (Å²) in [6, 6.07) is 15.7. The van der Waals surface area contributed by atoms with E-state index in [2.05, 4.69) is 15.5 Å². The third-order valence-electron chi connectivity index (χ3n) is 5.69. The van der Waals surface area contributed by atoms with Gasteiger partial charge in [0, 0.05) is 10.9 Å². The van der Waals surface area contributed by atoms with Gasteiger partial charge in [-0.05, 0) is 41.6 Å². The number of nitrogens with one attached hydrogen (secondary N) is 1. The number of nitrogens with zero attached hydrogens (tertiary/aromatic N) is 2. The van der Waals surface area contributed by atoms with Crippen molar-refractivity contribution in [3.8, 4) is 11.5 Å². The predicted molar refractivity (Wildman–Crippen MR) is 144 cm³/mol. The van der Waals surface area contributed by atoms with Crippen LogP contribution in [0.4, 0.5) is 17.1 Å². The van der Waals surface area contributed by atoms with Crippen molar-refractivity contribution in [2.24, 2.45) is 10.2 Å². The second-order valence-corrected chi connectivity index (χ2v) is 10.2. The van der Waals surface area contributed by atoms with E-state index in [4.69, 9.17) is 27.9 Å². The van der Waals surface area contributed by atoms with Crippen LogP contribution in [0.15, 0.2) is 75.8 Å². The number of para-hydroxylation sites is 1. The van der Waals surface area contributed by atoms with Gasteiger partial charge in [0.1, 0.15) is 10.6 Å². The van der Waals surface area contributed by atoms with Crippen LogP contribution in [0.25, 0.3) is 10.8 Å². The first-order chi connectivity index (χ1) is 18.1. The molecule has 1 amide bonds. The van der Waals surface area contributed by atoms with Crippen LogP contribution in [-0.2, 0) is 16.5 Å². The molecule has 0 saturated heterocycles. The fraction of sp³-hybridized carbons (Fsp3) is 0.115. The van der Waals surface area contributed by atoms with E-state index in [9.17, 15) is 22.9 Å². The quantitative estimate of drug-likeness (QED) is 0.189. The summed E-state index contributed by atoms with van der Waals surface area (Å²) in [6.45, 7) is 1.77. The van der Waals surface area contributed by atoms with E-state index in [1.54, 1.807) is 55.5 Å². The van der Waals surface area contributed by atoms with Crippen LogP contribution in [0, 0.1) is 0 Å². The number of fused-ring (bicyclic) bond motifs is 1. The topological polar surface area (TPSA) is 140 Å². The molecule has 4 aromatic rings. The Morgan fingerprint density at radius 2 is 1.79 bits per heavy atom. The fourth-order valence-corrected chi connectivity index (χ4v) is 5.44. The van der Waals surface area contributed by atoms with Crippen LogP contribution in [0.3, 0.4) is 0 Å². The maximum atomic E-state index is 13.4. The number of rotatable bonds is 7. The minimum Gasteiger partial charge on any atom is -0.870 e. The number of azo groups is 1. The van der Waals surface area contributed by atoms with Crippen LogP contribution < -0.4 is 44.7 Å². The minimum atomic E-state index is -4.77. The molecule has 0 aliphatic carbocycles. The Kier molecular flexibility index (Phi) is 10.0. The second-order valence-electron chi connectivity index (χ2n) is 8.01. The number of hydrogen-bond donors (Lipinski definition) is 2. The van der Waals surface area contributed by atoms with E-state index in [1.165, 1.54) is 19.2 Å². The zero-order valence-corrected chi connectivity index (χ0v) is 25.4. The van der Waals surface area contributed by atoms with Crippen molar-refractivity contribution in [2.45, 2.75) is 18.2 Å². The van der Waals surface area contributed by atoms with Gasteiger partial charge in [-0.3, -0.25) is 9.35 Å². The number of aryl methyl sites for hydroxylation is 1. The standard InChI is InChI=1S/C26H21Cl2N3O6S.Na/c1-3-14-11-12-20(25(21(14)28)38(34,35)36)30-31-22-16-8-5-4-7-15(16)13-17(23(22)32)26(33)29-19-10-6-9-18(27)24(19)37-2;/h4-13,32H,3H2,1-2H3,(H,29,33)(H,34,35,36);/q;+1/p-1. The molecule has 2 N–H and O–H groups in total. The molecule has 13 heteroatoms. The zero-order valence-electron chi connectivity index (χ0n) is 21.0. The number of halogens is 2. The average Bonchev–Trinajstić information content (AvgIpc) is 2.87. The molecular weight excluding hydrogens is 576 g/mol. The molecule has 0 aliphatic heterocycles. The van der Waals surface area contributed by atoms with Crippen molar-refractivity contribution >= 4 is 67.1 Å². The van der Waals surface area contributed by atoms with Crippen LogP contribution >= 0.6 is 23.2 Å². The van der Waals surface area contributed by atoms with Gasteiger partial charge >= 0.3 is 29.6 Å². The summed E-state index contributed by atoms with van der Waals surface area (Å²) in [6.07, 6.45) is 0.405. The molecule has 0 bridgehead atoms. The van der Waals surface area contributed by atoms with Crippen LogP contribution in [0.5, 0.6) is 11.5 Å². The Bertz CT molecular complexity index is 1710. The number of hydrogen-bond acceptors (Lipinski definition) is 7. The molecule has 0 heterocycles. The summed E-state index contributed by atoms with van der Waals surface area (Å²) in [5.41, 5.74) is 0.0153. The number of ether oxygens (including phenoxy) is 1. The number of carbonyl (C=O) groups excluding carboxylic acids is 1. The monoisotopic (exact) mass is 595 g/mol. The van der Waals surface area contributed by atoms with Gasteiger partial charge in [0.15, 0.2) is 5.75 Å². The first-order valence-electron chi connectivity index (χ1n) is 11.1. The van der Waals surface area contributed by atoms with E-state index in [0.29, 0.717) is 22.8 Å². The van der Waals surface area contributed by atoms with Gasteiger partial charge in [0.05, 0.1) is 28.5 Å². The minimum absolute atomic E-state index is 0. The van der Waals surface area contributed by atoms with Gasteiger partial charge in [-0.2, -0.15) is 13.5 Å². The third kappa shape index (κ3) is 6.38. The van der Waals surface area contributed by atoms with Crippen LogP contribution in [0.1, 0.15) is 22.8 Å². The Hall–Kier alpha value is -2.70. The summed E-state index contributed by atoms with van der Waals surface area (Å²) in [5, 5.41) is 25.0. The first-order valence-corrected chi connectivity index (χ1v) is 13.3. The van der Waals surface area contributed by atoms with Gasteiger partial charge < -0.3 is 15.2 Å². The Balaban J connectivity index is 0.00000420. The molecule has 0 radical (unpaired) electrons. The van der Waals surface area contributed by atoms with E-state index < -0.39 is 26.7 Å². The van der Waals surface area contributed by atoms with E-state index >= 15 is 0 Å². The molecule has 0 unspecified atom stereocenters. The smallest absolute Gasteiger partial charge is 0.870 e. The molecule has 0 aromatic heterocycles. The maximum absolute atomic E-state index is 13.4. The first kappa shape index (κ1) is 30.8. The van der Waals surface area contributed by atoms with Gasteiger partial charge in [-0.1, -0.05) is 72.3 Å². The van der Waals surface area contributed by atoms with Crippen molar-refractivity contribution in [2.75, 3.05) is 12.4 Å². The SMILES string of the molecule is CCc1ccc(N=Nc2c([O-])c(C(=O)Nc3cccc(Cl)c3OC)cc3ccccc23)c(S(=O)(=O)O)c1Cl.[Na+]. The molecule has 9 nitrogen and oxygen atoms in total. The van der Waals surface area contributed by atoms with Crippen molar-refractivity contribution in [3.63, 3.8) is 0 Å². The summed E-state index contributed by atoms with van der Waals surface area (Å²) in [4.78, 5) is 12.5. The van der Waals surface area contributed by atoms with Crippen molar-refractivity contribution < 1.29 is 57.2 Å². The van der Waals surface area contributed by atoms with E-state index in [1.807, 2.05) is 0 Å². The molecule has 0 spiro atoms. The second kappa shape index (κ2) is 12.6. The maximum Gasteiger partial charge on any atom is 1.00 e.